The Labute approximate surface area is 83.3 Å². The van der Waals surface area contributed by atoms with Gasteiger partial charge in [-0.2, -0.15) is 0 Å². The molecular formula is C12H25N. The first kappa shape index (κ1) is 11.0. The second kappa shape index (κ2) is 4.00. The monoisotopic (exact) mass is 183 g/mol. The Bertz CT molecular complexity index is 157. The Morgan fingerprint density at radius 2 is 1.77 bits per heavy atom. The van der Waals surface area contributed by atoms with Gasteiger partial charge in [0.1, 0.15) is 0 Å². The van der Waals surface area contributed by atoms with Crippen LogP contribution in [-0.4, -0.2) is 13.1 Å². The Morgan fingerprint density at radius 1 is 1.15 bits per heavy atom. The molecule has 0 aromatic carbocycles. The first-order valence-corrected chi connectivity index (χ1v) is 5.62. The average Bonchev–Trinajstić information content (AvgIpc) is 2.02. The normalized spacial score (nSPS) is 36.2. The Balaban J connectivity index is 2.51. The lowest BCUT2D eigenvalue weighted by Gasteiger charge is -2.40. The molecular weight excluding hydrogens is 158 g/mol. The fourth-order valence-electron chi connectivity index (χ4n) is 2.61. The molecule has 0 aromatic heterocycles. The zero-order valence-electron chi connectivity index (χ0n) is 9.85. The zero-order valence-corrected chi connectivity index (χ0v) is 9.85. The molecule has 1 rings (SSSR count). The van der Waals surface area contributed by atoms with E-state index in [1.165, 1.54) is 19.3 Å². The third-order valence-corrected chi connectivity index (χ3v) is 3.76. The standard InChI is InChI=1S/C12H25N/c1-9-8-10(12(2,3)4)6-7-11(9)13-5/h9-11,13H,6-8H2,1-5H3. The van der Waals surface area contributed by atoms with Crippen LogP contribution in [0.4, 0.5) is 0 Å². The number of hydrogen-bond acceptors (Lipinski definition) is 1. The predicted molar refractivity (Wildman–Crippen MR) is 58.8 cm³/mol. The van der Waals surface area contributed by atoms with Gasteiger partial charge in [-0.3, -0.25) is 0 Å². The molecule has 1 N–H and O–H groups in total. The van der Waals surface area contributed by atoms with Gasteiger partial charge < -0.3 is 5.32 Å². The Hall–Kier alpha value is -0.0400. The summed E-state index contributed by atoms with van der Waals surface area (Å²) in [6.07, 6.45) is 4.16. The van der Waals surface area contributed by atoms with E-state index in [0.29, 0.717) is 5.41 Å². The minimum atomic E-state index is 0.507. The lowest BCUT2D eigenvalue weighted by atomic mass is 9.68. The summed E-state index contributed by atoms with van der Waals surface area (Å²) in [5.74, 6) is 1.77. The van der Waals surface area contributed by atoms with Crippen LogP contribution in [0.2, 0.25) is 0 Å². The van der Waals surface area contributed by atoms with Crippen LogP contribution in [0.3, 0.4) is 0 Å². The van der Waals surface area contributed by atoms with Crippen LogP contribution in [0, 0.1) is 17.3 Å². The van der Waals surface area contributed by atoms with Gasteiger partial charge in [0.05, 0.1) is 0 Å². The molecule has 3 unspecified atom stereocenters. The largest absolute Gasteiger partial charge is 0.317 e. The van der Waals surface area contributed by atoms with E-state index in [1.807, 2.05) is 0 Å². The van der Waals surface area contributed by atoms with Gasteiger partial charge in [0, 0.05) is 6.04 Å². The van der Waals surface area contributed by atoms with E-state index < -0.39 is 0 Å². The van der Waals surface area contributed by atoms with Gasteiger partial charge in [-0.1, -0.05) is 27.7 Å². The molecule has 0 saturated heterocycles. The van der Waals surface area contributed by atoms with E-state index in [4.69, 9.17) is 0 Å². The van der Waals surface area contributed by atoms with Crippen molar-refractivity contribution in [1.82, 2.24) is 5.32 Å². The number of hydrogen-bond donors (Lipinski definition) is 1. The van der Waals surface area contributed by atoms with Crippen molar-refractivity contribution in [2.75, 3.05) is 7.05 Å². The van der Waals surface area contributed by atoms with Crippen LogP contribution in [0.15, 0.2) is 0 Å². The van der Waals surface area contributed by atoms with E-state index in [-0.39, 0.29) is 0 Å². The van der Waals surface area contributed by atoms with Gasteiger partial charge in [-0.25, -0.2) is 0 Å². The minimum Gasteiger partial charge on any atom is -0.317 e. The summed E-state index contributed by atoms with van der Waals surface area (Å²) in [7, 11) is 2.10. The fraction of sp³-hybridized carbons (Fsp3) is 1.00. The summed E-state index contributed by atoms with van der Waals surface area (Å²) in [4.78, 5) is 0. The second-order valence-electron chi connectivity index (χ2n) is 5.75. The summed E-state index contributed by atoms with van der Waals surface area (Å²) in [5.41, 5.74) is 0.507. The first-order chi connectivity index (χ1) is 5.95. The average molecular weight is 183 g/mol. The van der Waals surface area contributed by atoms with Gasteiger partial charge in [-0.05, 0) is 43.6 Å². The van der Waals surface area contributed by atoms with Gasteiger partial charge in [0.2, 0.25) is 0 Å². The number of rotatable bonds is 1. The zero-order chi connectivity index (χ0) is 10.1. The van der Waals surface area contributed by atoms with Crippen LogP contribution < -0.4 is 5.32 Å². The van der Waals surface area contributed by atoms with E-state index >= 15 is 0 Å². The third-order valence-electron chi connectivity index (χ3n) is 3.76. The lowest BCUT2D eigenvalue weighted by molar-refractivity contribution is 0.125. The maximum absolute atomic E-state index is 3.43. The van der Waals surface area contributed by atoms with Crippen molar-refractivity contribution in [2.45, 2.75) is 53.0 Å². The molecule has 3 atom stereocenters. The van der Waals surface area contributed by atoms with Crippen molar-refractivity contribution >= 4 is 0 Å². The van der Waals surface area contributed by atoms with E-state index in [9.17, 15) is 0 Å². The van der Waals surface area contributed by atoms with E-state index in [1.54, 1.807) is 0 Å². The van der Waals surface area contributed by atoms with Crippen molar-refractivity contribution in [2.24, 2.45) is 17.3 Å². The topological polar surface area (TPSA) is 12.0 Å². The van der Waals surface area contributed by atoms with Crippen molar-refractivity contribution in [3.63, 3.8) is 0 Å². The van der Waals surface area contributed by atoms with Crippen LogP contribution >= 0.6 is 0 Å². The maximum atomic E-state index is 3.43. The maximum Gasteiger partial charge on any atom is 0.00899 e. The molecule has 0 amide bonds. The first-order valence-electron chi connectivity index (χ1n) is 5.62. The molecule has 1 aliphatic carbocycles. The van der Waals surface area contributed by atoms with E-state index in [2.05, 4.69) is 40.1 Å². The van der Waals surface area contributed by atoms with Crippen LogP contribution in [0.1, 0.15) is 47.0 Å². The van der Waals surface area contributed by atoms with Crippen molar-refractivity contribution in [3.05, 3.63) is 0 Å². The van der Waals surface area contributed by atoms with Crippen LogP contribution in [0.5, 0.6) is 0 Å². The highest BCUT2D eigenvalue weighted by molar-refractivity contribution is 4.86. The van der Waals surface area contributed by atoms with Gasteiger partial charge in [-0.15, -0.1) is 0 Å². The molecule has 0 heterocycles. The van der Waals surface area contributed by atoms with Gasteiger partial charge >= 0.3 is 0 Å². The van der Waals surface area contributed by atoms with Crippen molar-refractivity contribution in [1.29, 1.82) is 0 Å². The summed E-state index contributed by atoms with van der Waals surface area (Å²) >= 11 is 0. The fourth-order valence-corrected chi connectivity index (χ4v) is 2.61. The molecule has 1 nitrogen and oxygen atoms in total. The molecule has 1 fully saturated rings. The highest BCUT2D eigenvalue weighted by Gasteiger charge is 2.32. The summed E-state index contributed by atoms with van der Waals surface area (Å²) < 4.78 is 0. The molecule has 0 spiro atoms. The highest BCUT2D eigenvalue weighted by Crippen LogP contribution is 2.39. The summed E-state index contributed by atoms with van der Waals surface area (Å²) in [5, 5.41) is 3.43. The second-order valence-corrected chi connectivity index (χ2v) is 5.75. The molecule has 1 saturated carbocycles. The molecule has 1 heteroatoms. The minimum absolute atomic E-state index is 0.507. The smallest absolute Gasteiger partial charge is 0.00899 e. The molecule has 0 aromatic rings. The highest BCUT2D eigenvalue weighted by atomic mass is 14.9. The SMILES string of the molecule is CNC1CCC(C(C)(C)C)CC1C. The molecule has 13 heavy (non-hydrogen) atoms. The van der Waals surface area contributed by atoms with Crippen LogP contribution in [0.25, 0.3) is 0 Å². The molecule has 1 aliphatic rings. The van der Waals surface area contributed by atoms with E-state index in [0.717, 1.165) is 17.9 Å². The molecule has 0 radical (unpaired) electrons. The van der Waals surface area contributed by atoms with Gasteiger partial charge in [0.25, 0.3) is 0 Å². The van der Waals surface area contributed by atoms with Crippen molar-refractivity contribution in [3.8, 4) is 0 Å². The van der Waals surface area contributed by atoms with Crippen molar-refractivity contribution < 1.29 is 0 Å². The van der Waals surface area contributed by atoms with Crippen LogP contribution in [-0.2, 0) is 0 Å². The molecule has 0 bridgehead atoms. The Morgan fingerprint density at radius 3 is 2.15 bits per heavy atom. The third kappa shape index (κ3) is 2.70. The summed E-state index contributed by atoms with van der Waals surface area (Å²) in [6.45, 7) is 9.53. The Kier molecular flexibility index (Phi) is 3.39. The number of nitrogens with one attached hydrogen (secondary N) is 1. The molecule has 0 aliphatic heterocycles. The lowest BCUT2D eigenvalue weighted by Crippen LogP contribution is -2.40. The van der Waals surface area contributed by atoms with Gasteiger partial charge in [0.15, 0.2) is 0 Å². The summed E-state index contributed by atoms with van der Waals surface area (Å²) in [6, 6.07) is 0.763. The molecule has 78 valence electrons. The predicted octanol–water partition coefficient (Wildman–Crippen LogP) is 3.06. The quantitative estimate of drug-likeness (QED) is 0.659.